The van der Waals surface area contributed by atoms with E-state index in [0.717, 1.165) is 25.2 Å². The molecule has 18 heavy (non-hydrogen) atoms. The third-order valence-electron chi connectivity index (χ3n) is 3.92. The van der Waals surface area contributed by atoms with Crippen LogP contribution < -0.4 is 11.3 Å². The minimum Gasteiger partial charge on any atom is -0.373 e. The molecule has 1 unspecified atom stereocenters. The number of aromatic nitrogens is 2. The van der Waals surface area contributed by atoms with E-state index in [1.165, 1.54) is 12.8 Å². The van der Waals surface area contributed by atoms with Crippen molar-refractivity contribution >= 4 is 0 Å². The lowest BCUT2D eigenvalue weighted by Crippen LogP contribution is -2.48. The molecule has 0 saturated heterocycles. The molecule has 0 aliphatic heterocycles. The van der Waals surface area contributed by atoms with Crippen molar-refractivity contribution in [3.8, 4) is 0 Å². The topological polar surface area (TPSA) is 65.1 Å². The van der Waals surface area contributed by atoms with Gasteiger partial charge < -0.3 is 9.30 Å². The lowest BCUT2D eigenvalue weighted by molar-refractivity contribution is -0.0653. The molecule has 1 atom stereocenters. The van der Waals surface area contributed by atoms with E-state index in [0.29, 0.717) is 6.61 Å². The number of hydrogen-bond acceptors (Lipinski definition) is 4. The van der Waals surface area contributed by atoms with Crippen LogP contribution in [0.15, 0.2) is 12.4 Å². The lowest BCUT2D eigenvalue weighted by atomic mass is 9.91. The van der Waals surface area contributed by atoms with Gasteiger partial charge in [-0.15, -0.1) is 0 Å². The second kappa shape index (κ2) is 5.82. The Kier molecular flexibility index (Phi) is 4.37. The third-order valence-corrected chi connectivity index (χ3v) is 3.92. The summed E-state index contributed by atoms with van der Waals surface area (Å²) in [6.07, 6.45) is 8.32. The molecule has 1 saturated carbocycles. The van der Waals surface area contributed by atoms with Gasteiger partial charge in [-0.25, -0.2) is 10.4 Å². The highest BCUT2D eigenvalue weighted by molar-refractivity contribution is 5.09. The molecule has 3 N–H and O–H groups in total. The van der Waals surface area contributed by atoms with E-state index in [9.17, 15) is 0 Å². The summed E-state index contributed by atoms with van der Waals surface area (Å²) < 4.78 is 8.20. The largest absolute Gasteiger partial charge is 0.373 e. The fourth-order valence-corrected chi connectivity index (χ4v) is 3.09. The Hall–Kier alpha value is -0.910. The normalized spacial score (nSPS) is 20.2. The predicted molar refractivity (Wildman–Crippen MR) is 70.8 cm³/mol. The van der Waals surface area contributed by atoms with Gasteiger partial charge in [0.2, 0.25) is 0 Å². The second-order valence-corrected chi connectivity index (χ2v) is 4.88. The van der Waals surface area contributed by atoms with Crippen LogP contribution in [0.5, 0.6) is 0 Å². The van der Waals surface area contributed by atoms with Crippen molar-refractivity contribution in [3.05, 3.63) is 18.2 Å². The van der Waals surface area contributed by atoms with Crippen molar-refractivity contribution in [3.63, 3.8) is 0 Å². The molecule has 1 fully saturated rings. The highest BCUT2D eigenvalue weighted by atomic mass is 16.5. The lowest BCUT2D eigenvalue weighted by Gasteiger charge is -2.36. The number of imidazole rings is 1. The van der Waals surface area contributed by atoms with Crippen molar-refractivity contribution < 1.29 is 4.74 Å². The van der Waals surface area contributed by atoms with E-state index in [2.05, 4.69) is 21.9 Å². The molecular weight excluding hydrogens is 228 g/mol. The number of nitrogens with zero attached hydrogens (tertiary/aromatic N) is 2. The van der Waals surface area contributed by atoms with Crippen molar-refractivity contribution in [2.45, 2.75) is 57.7 Å². The van der Waals surface area contributed by atoms with Gasteiger partial charge in [0, 0.05) is 25.5 Å². The molecule has 1 aromatic heterocycles. The highest BCUT2D eigenvalue weighted by Gasteiger charge is 2.44. The molecule has 1 aliphatic carbocycles. The molecule has 0 aromatic carbocycles. The minimum atomic E-state index is -0.193. The van der Waals surface area contributed by atoms with Gasteiger partial charge in [0.1, 0.15) is 11.9 Å². The van der Waals surface area contributed by atoms with Crippen LogP contribution in [0.2, 0.25) is 0 Å². The molecule has 1 aliphatic rings. The Morgan fingerprint density at radius 2 is 2.22 bits per heavy atom. The molecule has 5 nitrogen and oxygen atoms in total. The van der Waals surface area contributed by atoms with Crippen molar-refractivity contribution in [1.29, 1.82) is 0 Å². The monoisotopic (exact) mass is 252 g/mol. The van der Waals surface area contributed by atoms with Crippen LogP contribution in [0.3, 0.4) is 0 Å². The predicted octanol–water partition coefficient (Wildman–Crippen LogP) is 1.76. The summed E-state index contributed by atoms with van der Waals surface area (Å²) in [5.74, 6) is 6.78. The smallest absolute Gasteiger partial charge is 0.130 e. The number of rotatable bonds is 6. The zero-order valence-electron chi connectivity index (χ0n) is 11.4. The summed E-state index contributed by atoms with van der Waals surface area (Å²) in [5.41, 5.74) is 2.75. The average molecular weight is 252 g/mol. The number of nitrogens with two attached hydrogens (primary N) is 1. The molecule has 0 spiro atoms. The first-order valence-electron chi connectivity index (χ1n) is 6.88. The van der Waals surface area contributed by atoms with Crippen LogP contribution >= 0.6 is 0 Å². The van der Waals surface area contributed by atoms with Crippen LogP contribution in [-0.2, 0) is 11.3 Å². The molecule has 5 heteroatoms. The molecule has 1 heterocycles. The summed E-state index contributed by atoms with van der Waals surface area (Å²) in [5, 5.41) is 0. The Morgan fingerprint density at radius 3 is 2.78 bits per heavy atom. The van der Waals surface area contributed by atoms with Gasteiger partial charge in [0.15, 0.2) is 0 Å². The fraction of sp³-hybridized carbons (Fsp3) is 0.769. The first kappa shape index (κ1) is 13.5. The summed E-state index contributed by atoms with van der Waals surface area (Å²) >= 11 is 0. The molecule has 1 aromatic rings. The summed E-state index contributed by atoms with van der Waals surface area (Å²) in [4.78, 5) is 4.47. The third kappa shape index (κ3) is 2.30. The average Bonchev–Trinajstić information content (AvgIpc) is 3.01. The van der Waals surface area contributed by atoms with Crippen molar-refractivity contribution in [2.24, 2.45) is 5.84 Å². The van der Waals surface area contributed by atoms with E-state index < -0.39 is 0 Å². The van der Waals surface area contributed by atoms with Gasteiger partial charge in [-0.3, -0.25) is 5.84 Å². The molecule has 2 rings (SSSR count). The van der Waals surface area contributed by atoms with E-state index in [1.54, 1.807) is 0 Å². The maximum atomic E-state index is 6.07. The van der Waals surface area contributed by atoms with Crippen LogP contribution in [0.25, 0.3) is 0 Å². The Morgan fingerprint density at radius 1 is 1.50 bits per heavy atom. The SMILES string of the molecule is CCOC1(C(NN)c2nccn2CC)CCCC1. The number of hydrazine groups is 1. The molecule has 0 amide bonds. The van der Waals surface area contributed by atoms with Crippen molar-refractivity contribution in [2.75, 3.05) is 6.61 Å². The van der Waals surface area contributed by atoms with Crippen LogP contribution in [0.1, 0.15) is 51.4 Å². The zero-order chi connectivity index (χ0) is 13.0. The number of hydrogen-bond donors (Lipinski definition) is 2. The van der Waals surface area contributed by atoms with Crippen LogP contribution in [-0.4, -0.2) is 21.8 Å². The Bertz CT molecular complexity index is 371. The second-order valence-electron chi connectivity index (χ2n) is 4.88. The van der Waals surface area contributed by atoms with E-state index >= 15 is 0 Å². The number of nitrogens with one attached hydrogen (secondary N) is 1. The van der Waals surface area contributed by atoms with Crippen molar-refractivity contribution in [1.82, 2.24) is 15.0 Å². The quantitative estimate of drug-likeness (QED) is 0.598. The summed E-state index contributed by atoms with van der Waals surface area (Å²) in [7, 11) is 0. The van der Waals surface area contributed by atoms with Gasteiger partial charge in [-0.2, -0.15) is 0 Å². The molecule has 0 radical (unpaired) electrons. The molecule has 102 valence electrons. The summed E-state index contributed by atoms with van der Waals surface area (Å²) in [6.45, 7) is 5.77. The summed E-state index contributed by atoms with van der Waals surface area (Å²) in [6, 6.07) is -0.0325. The van der Waals surface area contributed by atoms with Gasteiger partial charge in [0.25, 0.3) is 0 Å². The van der Waals surface area contributed by atoms with E-state index in [4.69, 9.17) is 10.6 Å². The first-order chi connectivity index (χ1) is 8.77. The maximum absolute atomic E-state index is 6.07. The van der Waals surface area contributed by atoms with Gasteiger partial charge in [-0.1, -0.05) is 12.8 Å². The van der Waals surface area contributed by atoms with Crippen LogP contribution in [0.4, 0.5) is 0 Å². The van der Waals surface area contributed by atoms with E-state index in [1.807, 2.05) is 19.3 Å². The first-order valence-corrected chi connectivity index (χ1v) is 6.88. The maximum Gasteiger partial charge on any atom is 0.130 e. The molecule has 0 bridgehead atoms. The minimum absolute atomic E-state index is 0.0325. The Balaban J connectivity index is 2.31. The number of ether oxygens (including phenoxy) is 1. The van der Waals surface area contributed by atoms with Gasteiger partial charge in [0.05, 0.1) is 5.60 Å². The molecular formula is C13H24N4O. The van der Waals surface area contributed by atoms with Gasteiger partial charge >= 0.3 is 0 Å². The fourth-order valence-electron chi connectivity index (χ4n) is 3.09. The van der Waals surface area contributed by atoms with Crippen LogP contribution in [0, 0.1) is 0 Å². The standard InChI is InChI=1S/C13H24N4O/c1-3-17-10-9-15-12(17)11(16-14)13(18-4-2)7-5-6-8-13/h9-11,16H,3-8,14H2,1-2H3. The van der Waals surface area contributed by atoms with Gasteiger partial charge in [-0.05, 0) is 26.7 Å². The Labute approximate surface area is 109 Å². The zero-order valence-corrected chi connectivity index (χ0v) is 11.4. The van der Waals surface area contributed by atoms with E-state index in [-0.39, 0.29) is 11.6 Å². The number of aryl methyl sites for hydroxylation is 1. The highest BCUT2D eigenvalue weighted by Crippen LogP contribution is 2.42.